The van der Waals surface area contributed by atoms with Crippen LogP contribution in [0.4, 0.5) is 0 Å². The maximum atomic E-state index is 11.9. The Morgan fingerprint density at radius 2 is 1.61 bits per heavy atom. The Labute approximate surface area is 137 Å². The Balaban J connectivity index is 2.23. The molecule has 23 heavy (non-hydrogen) atoms. The Kier molecular flexibility index (Phi) is 5.77. The lowest BCUT2D eigenvalue weighted by atomic mass is 10.0. The molecule has 2 atom stereocenters. The van der Waals surface area contributed by atoms with Gasteiger partial charge in [-0.15, -0.1) is 0 Å². The minimum absolute atomic E-state index is 0.0809. The van der Waals surface area contributed by atoms with Crippen molar-refractivity contribution in [3.63, 3.8) is 0 Å². The average molecular weight is 312 g/mol. The minimum Gasteiger partial charge on any atom is -0.491 e. The van der Waals surface area contributed by atoms with Crippen LogP contribution in [0.25, 0.3) is 0 Å². The number of amides is 1. The minimum atomic E-state index is -0.543. The molecule has 3 N–H and O–H groups in total. The van der Waals surface area contributed by atoms with Gasteiger partial charge < -0.3 is 10.5 Å². The standard InChI is InChI=1S/C19H24N2O2/c1-13(2)23-17-12-8-7-11-16(17)14(3)21-18(19(20)22)15-9-5-4-6-10-15/h4-14,18,21H,1-3H3,(H2,20,22)/t14-,18-/m0/s1. The third-order valence-corrected chi connectivity index (χ3v) is 3.58. The van der Waals surface area contributed by atoms with Gasteiger partial charge in [0, 0.05) is 11.6 Å². The van der Waals surface area contributed by atoms with Crippen LogP contribution in [0.5, 0.6) is 5.75 Å². The predicted octanol–water partition coefficient (Wildman–Crippen LogP) is 3.35. The summed E-state index contributed by atoms with van der Waals surface area (Å²) in [6.45, 7) is 5.98. The highest BCUT2D eigenvalue weighted by Crippen LogP contribution is 2.28. The first-order valence-corrected chi connectivity index (χ1v) is 7.85. The van der Waals surface area contributed by atoms with E-state index in [0.29, 0.717) is 0 Å². The second-order valence-electron chi connectivity index (χ2n) is 5.84. The molecule has 0 unspecified atom stereocenters. The van der Waals surface area contributed by atoms with Gasteiger partial charge in [0.1, 0.15) is 11.8 Å². The largest absolute Gasteiger partial charge is 0.491 e. The van der Waals surface area contributed by atoms with Crippen LogP contribution in [0, 0.1) is 0 Å². The molecule has 2 rings (SSSR count). The predicted molar refractivity (Wildman–Crippen MR) is 92.1 cm³/mol. The van der Waals surface area contributed by atoms with E-state index in [4.69, 9.17) is 10.5 Å². The summed E-state index contributed by atoms with van der Waals surface area (Å²) in [4.78, 5) is 11.9. The van der Waals surface area contributed by atoms with Crippen molar-refractivity contribution in [3.8, 4) is 5.75 Å². The monoisotopic (exact) mass is 312 g/mol. The highest BCUT2D eigenvalue weighted by molar-refractivity contribution is 5.81. The molecule has 0 aromatic heterocycles. The quantitative estimate of drug-likeness (QED) is 0.824. The molecule has 0 spiro atoms. The van der Waals surface area contributed by atoms with Crippen LogP contribution in [0.3, 0.4) is 0 Å². The highest BCUT2D eigenvalue weighted by Gasteiger charge is 2.22. The molecule has 0 aliphatic carbocycles. The van der Waals surface area contributed by atoms with Crippen LogP contribution in [-0.2, 0) is 4.79 Å². The summed E-state index contributed by atoms with van der Waals surface area (Å²) in [5.41, 5.74) is 7.44. The van der Waals surface area contributed by atoms with Gasteiger partial charge in [-0.1, -0.05) is 48.5 Å². The van der Waals surface area contributed by atoms with Gasteiger partial charge in [-0.05, 0) is 32.4 Å². The molecule has 2 aromatic rings. The highest BCUT2D eigenvalue weighted by atomic mass is 16.5. The molecular weight excluding hydrogens is 288 g/mol. The molecule has 0 aliphatic heterocycles. The zero-order chi connectivity index (χ0) is 16.8. The van der Waals surface area contributed by atoms with E-state index in [2.05, 4.69) is 5.32 Å². The number of primary amides is 1. The summed E-state index contributed by atoms with van der Waals surface area (Å²) in [6.07, 6.45) is 0.0874. The Morgan fingerprint density at radius 1 is 1.00 bits per heavy atom. The molecule has 0 heterocycles. The second kappa shape index (κ2) is 7.79. The van der Waals surface area contributed by atoms with Crippen LogP contribution >= 0.6 is 0 Å². The summed E-state index contributed by atoms with van der Waals surface area (Å²) in [5.74, 6) is 0.420. The van der Waals surface area contributed by atoms with Crippen molar-refractivity contribution in [1.29, 1.82) is 0 Å². The summed E-state index contributed by atoms with van der Waals surface area (Å²) in [6, 6.07) is 16.7. The summed E-state index contributed by atoms with van der Waals surface area (Å²) < 4.78 is 5.86. The van der Waals surface area contributed by atoms with Crippen LogP contribution in [-0.4, -0.2) is 12.0 Å². The molecule has 0 fully saturated rings. The van der Waals surface area contributed by atoms with Crippen LogP contribution in [0.15, 0.2) is 54.6 Å². The maximum absolute atomic E-state index is 11.9. The van der Waals surface area contributed by atoms with Crippen molar-refractivity contribution >= 4 is 5.91 Å². The molecule has 0 bridgehead atoms. The van der Waals surface area contributed by atoms with E-state index in [9.17, 15) is 4.79 Å². The van der Waals surface area contributed by atoms with E-state index >= 15 is 0 Å². The lowest BCUT2D eigenvalue weighted by Gasteiger charge is -2.24. The van der Waals surface area contributed by atoms with Crippen molar-refractivity contribution in [2.24, 2.45) is 5.73 Å². The third kappa shape index (κ3) is 4.57. The first-order valence-electron chi connectivity index (χ1n) is 7.85. The number of nitrogens with one attached hydrogen (secondary N) is 1. The van der Waals surface area contributed by atoms with Crippen LogP contribution < -0.4 is 15.8 Å². The molecule has 2 aromatic carbocycles. The van der Waals surface area contributed by atoms with E-state index in [-0.39, 0.29) is 12.1 Å². The van der Waals surface area contributed by atoms with Gasteiger partial charge >= 0.3 is 0 Å². The van der Waals surface area contributed by atoms with Crippen molar-refractivity contribution in [2.45, 2.75) is 39.0 Å². The first-order chi connectivity index (χ1) is 11.0. The number of hydrogen-bond donors (Lipinski definition) is 2. The van der Waals surface area contributed by atoms with Gasteiger partial charge in [0.15, 0.2) is 0 Å². The Bertz CT molecular complexity index is 641. The van der Waals surface area contributed by atoms with Gasteiger partial charge in [0.05, 0.1) is 6.10 Å². The van der Waals surface area contributed by atoms with E-state index in [1.807, 2.05) is 75.4 Å². The van der Waals surface area contributed by atoms with Crippen molar-refractivity contribution in [2.75, 3.05) is 0 Å². The maximum Gasteiger partial charge on any atom is 0.239 e. The summed E-state index contributed by atoms with van der Waals surface area (Å²) >= 11 is 0. The number of carbonyl (C=O) groups excluding carboxylic acids is 1. The zero-order valence-corrected chi connectivity index (χ0v) is 13.8. The second-order valence-corrected chi connectivity index (χ2v) is 5.84. The van der Waals surface area contributed by atoms with Gasteiger partial charge in [0.25, 0.3) is 0 Å². The van der Waals surface area contributed by atoms with Gasteiger partial charge in [0.2, 0.25) is 5.91 Å². The fraction of sp³-hybridized carbons (Fsp3) is 0.316. The normalized spacial score (nSPS) is 13.6. The average Bonchev–Trinajstić information content (AvgIpc) is 2.53. The number of carbonyl (C=O) groups is 1. The molecule has 0 radical (unpaired) electrons. The molecule has 4 heteroatoms. The van der Waals surface area contributed by atoms with Crippen LogP contribution in [0.1, 0.15) is 44.0 Å². The fourth-order valence-electron chi connectivity index (χ4n) is 2.53. The SMILES string of the molecule is CC(C)Oc1ccccc1[C@H](C)N[C@H](C(N)=O)c1ccccc1. The topological polar surface area (TPSA) is 64.3 Å². The van der Waals surface area contributed by atoms with E-state index < -0.39 is 11.9 Å². The molecule has 0 saturated heterocycles. The molecular formula is C19H24N2O2. The molecule has 0 saturated carbocycles. The van der Waals surface area contributed by atoms with Gasteiger partial charge in [-0.2, -0.15) is 0 Å². The van der Waals surface area contributed by atoms with Crippen molar-refractivity contribution in [1.82, 2.24) is 5.32 Å². The zero-order valence-electron chi connectivity index (χ0n) is 13.8. The number of hydrogen-bond acceptors (Lipinski definition) is 3. The number of para-hydroxylation sites is 1. The Morgan fingerprint density at radius 3 is 2.22 bits per heavy atom. The lowest BCUT2D eigenvalue weighted by molar-refractivity contribution is -0.120. The molecule has 122 valence electrons. The third-order valence-electron chi connectivity index (χ3n) is 3.58. The van der Waals surface area contributed by atoms with E-state index in [1.165, 1.54) is 0 Å². The Hall–Kier alpha value is -2.33. The van der Waals surface area contributed by atoms with Gasteiger partial charge in [-0.3, -0.25) is 10.1 Å². The molecule has 0 aliphatic rings. The van der Waals surface area contributed by atoms with Crippen molar-refractivity contribution in [3.05, 3.63) is 65.7 Å². The number of ether oxygens (including phenoxy) is 1. The molecule has 4 nitrogen and oxygen atoms in total. The number of rotatable bonds is 7. The number of nitrogens with two attached hydrogens (primary N) is 1. The van der Waals surface area contributed by atoms with Gasteiger partial charge in [-0.25, -0.2) is 0 Å². The van der Waals surface area contributed by atoms with E-state index in [1.54, 1.807) is 0 Å². The van der Waals surface area contributed by atoms with Crippen LogP contribution in [0.2, 0.25) is 0 Å². The fourth-order valence-corrected chi connectivity index (χ4v) is 2.53. The molecule has 1 amide bonds. The summed E-state index contributed by atoms with van der Waals surface area (Å²) in [5, 5.41) is 3.31. The summed E-state index contributed by atoms with van der Waals surface area (Å²) in [7, 11) is 0. The number of benzene rings is 2. The first kappa shape index (κ1) is 17.0. The van der Waals surface area contributed by atoms with E-state index in [0.717, 1.165) is 16.9 Å². The smallest absolute Gasteiger partial charge is 0.239 e. The lowest BCUT2D eigenvalue weighted by Crippen LogP contribution is -2.35. The van der Waals surface area contributed by atoms with Crippen molar-refractivity contribution < 1.29 is 9.53 Å².